The van der Waals surface area contributed by atoms with E-state index in [0.29, 0.717) is 5.75 Å². The van der Waals surface area contributed by atoms with Crippen LogP contribution in [0.5, 0.6) is 5.75 Å². The molecule has 3 N–H and O–H groups in total. The lowest BCUT2D eigenvalue weighted by Crippen LogP contribution is -2.35. The fourth-order valence-corrected chi connectivity index (χ4v) is 1.49. The summed E-state index contributed by atoms with van der Waals surface area (Å²) in [5.74, 6) is -1.24. The maximum absolute atomic E-state index is 11.5. The molecule has 0 aliphatic heterocycles. The molecule has 6 nitrogen and oxygen atoms in total. The first kappa shape index (κ1) is 15.7. The molecule has 0 unspecified atom stereocenters. The number of aliphatic hydroxyl groups is 1. The highest BCUT2D eigenvalue weighted by molar-refractivity contribution is 5.92. The van der Waals surface area contributed by atoms with E-state index in [-0.39, 0.29) is 6.54 Å². The van der Waals surface area contributed by atoms with Gasteiger partial charge in [0, 0.05) is 11.6 Å². The third kappa shape index (κ3) is 4.74. The molecule has 0 aliphatic rings. The lowest BCUT2D eigenvalue weighted by Gasteiger charge is -2.07. The second-order valence-corrected chi connectivity index (χ2v) is 4.18. The third-order valence-electron chi connectivity index (χ3n) is 2.55. The minimum Gasteiger partial charge on any atom is -0.496 e. The van der Waals surface area contributed by atoms with Gasteiger partial charge in [-0.1, -0.05) is 11.6 Å². The molecule has 0 heterocycles. The predicted molar refractivity (Wildman–Crippen MR) is 73.4 cm³/mol. The van der Waals surface area contributed by atoms with Gasteiger partial charge in [0.1, 0.15) is 5.75 Å². The molecule has 0 aromatic heterocycles. The summed E-state index contributed by atoms with van der Waals surface area (Å²) < 4.78 is 5.16. The second kappa shape index (κ2) is 7.30. The lowest BCUT2D eigenvalue weighted by atomic mass is 10.1. The van der Waals surface area contributed by atoms with Crippen LogP contribution < -0.4 is 10.1 Å². The Morgan fingerprint density at radius 3 is 2.75 bits per heavy atom. The van der Waals surface area contributed by atoms with Crippen molar-refractivity contribution in [2.45, 2.75) is 13.0 Å². The van der Waals surface area contributed by atoms with Gasteiger partial charge in [0.05, 0.1) is 13.7 Å². The number of aryl methyl sites for hydroxylation is 1. The molecule has 0 saturated heterocycles. The monoisotopic (exact) mass is 279 g/mol. The summed E-state index contributed by atoms with van der Waals surface area (Å²) >= 11 is 0. The maximum Gasteiger partial charge on any atom is 0.334 e. The van der Waals surface area contributed by atoms with E-state index in [1.165, 1.54) is 13.2 Å². The maximum atomic E-state index is 11.5. The smallest absolute Gasteiger partial charge is 0.334 e. The lowest BCUT2D eigenvalue weighted by molar-refractivity contribution is -0.146. The largest absolute Gasteiger partial charge is 0.496 e. The number of nitrogens with one attached hydrogen (secondary N) is 1. The molecule has 0 fully saturated rings. The van der Waals surface area contributed by atoms with E-state index in [0.717, 1.165) is 11.1 Å². The van der Waals surface area contributed by atoms with E-state index in [9.17, 15) is 9.59 Å². The zero-order valence-electron chi connectivity index (χ0n) is 11.3. The van der Waals surface area contributed by atoms with Crippen LogP contribution in [0, 0.1) is 6.92 Å². The standard InChI is InChI=1S/C14H17NO5/c1-9-3-5-12(20-2)10(7-9)4-6-13(17)15-8-11(16)14(18)19/h3-7,11,16H,8H2,1-2H3,(H,15,17)(H,18,19)/b6-4+/t11-/m0/s1. The number of benzene rings is 1. The van der Waals surface area contributed by atoms with Crippen LogP contribution in [0.2, 0.25) is 0 Å². The number of hydrogen-bond donors (Lipinski definition) is 3. The summed E-state index contributed by atoms with van der Waals surface area (Å²) in [5, 5.41) is 19.8. The van der Waals surface area contributed by atoms with Gasteiger partial charge in [0.25, 0.3) is 0 Å². The van der Waals surface area contributed by atoms with Crippen molar-refractivity contribution in [1.82, 2.24) is 5.32 Å². The highest BCUT2D eigenvalue weighted by Crippen LogP contribution is 2.20. The molecule has 1 atom stereocenters. The summed E-state index contributed by atoms with van der Waals surface area (Å²) in [6.45, 7) is 1.57. The van der Waals surface area contributed by atoms with Crippen LogP contribution >= 0.6 is 0 Å². The topological polar surface area (TPSA) is 95.9 Å². The molecular formula is C14H17NO5. The van der Waals surface area contributed by atoms with Crippen molar-refractivity contribution in [2.24, 2.45) is 0 Å². The van der Waals surface area contributed by atoms with E-state index < -0.39 is 18.0 Å². The Morgan fingerprint density at radius 1 is 1.45 bits per heavy atom. The Bertz CT molecular complexity index is 524. The molecular weight excluding hydrogens is 262 g/mol. The van der Waals surface area contributed by atoms with Crippen molar-refractivity contribution in [3.63, 3.8) is 0 Å². The molecule has 20 heavy (non-hydrogen) atoms. The molecule has 1 rings (SSSR count). The molecule has 6 heteroatoms. The Balaban J connectivity index is 2.65. The van der Waals surface area contributed by atoms with Gasteiger partial charge in [-0.15, -0.1) is 0 Å². The molecule has 1 aromatic carbocycles. The Kier molecular flexibility index (Phi) is 5.74. The number of hydrogen-bond acceptors (Lipinski definition) is 4. The quantitative estimate of drug-likeness (QED) is 0.662. The fourth-order valence-electron chi connectivity index (χ4n) is 1.49. The van der Waals surface area contributed by atoms with Crippen molar-refractivity contribution < 1.29 is 24.5 Å². The number of methoxy groups -OCH3 is 1. The van der Waals surface area contributed by atoms with Crippen LogP contribution in [0.3, 0.4) is 0 Å². The fraction of sp³-hybridized carbons (Fsp3) is 0.286. The van der Waals surface area contributed by atoms with E-state index in [4.69, 9.17) is 14.9 Å². The van der Waals surface area contributed by atoms with Gasteiger partial charge in [-0.3, -0.25) is 4.79 Å². The minimum absolute atomic E-state index is 0.344. The normalized spacial score (nSPS) is 12.2. The van der Waals surface area contributed by atoms with Crippen LogP contribution in [0.1, 0.15) is 11.1 Å². The van der Waals surface area contributed by atoms with Gasteiger partial charge in [0.15, 0.2) is 6.10 Å². The number of aliphatic hydroxyl groups excluding tert-OH is 1. The zero-order chi connectivity index (χ0) is 15.1. The van der Waals surface area contributed by atoms with Gasteiger partial charge in [-0.05, 0) is 25.1 Å². The first-order chi connectivity index (χ1) is 9.43. The SMILES string of the molecule is COc1ccc(C)cc1/C=C/C(=O)NC[C@H](O)C(=O)O. The van der Waals surface area contributed by atoms with Crippen molar-refractivity contribution in [3.8, 4) is 5.75 Å². The summed E-state index contributed by atoms with van der Waals surface area (Å²) in [5.41, 5.74) is 1.76. The Morgan fingerprint density at radius 2 is 2.15 bits per heavy atom. The second-order valence-electron chi connectivity index (χ2n) is 4.18. The van der Waals surface area contributed by atoms with Gasteiger partial charge >= 0.3 is 5.97 Å². The molecule has 0 aliphatic carbocycles. The molecule has 108 valence electrons. The number of carbonyl (C=O) groups is 2. The van der Waals surface area contributed by atoms with Crippen LogP contribution in [-0.4, -0.2) is 41.8 Å². The molecule has 0 radical (unpaired) electrons. The van der Waals surface area contributed by atoms with E-state index in [1.54, 1.807) is 12.1 Å². The minimum atomic E-state index is -1.61. The summed E-state index contributed by atoms with van der Waals surface area (Å²) in [6.07, 6.45) is 1.21. The highest BCUT2D eigenvalue weighted by atomic mass is 16.5. The summed E-state index contributed by atoms with van der Waals surface area (Å²) in [4.78, 5) is 21.9. The molecule has 1 aromatic rings. The van der Waals surface area contributed by atoms with E-state index in [2.05, 4.69) is 5.32 Å². The molecule has 0 saturated carbocycles. The van der Waals surface area contributed by atoms with Gasteiger partial charge < -0.3 is 20.3 Å². The number of rotatable bonds is 6. The van der Waals surface area contributed by atoms with Crippen LogP contribution in [-0.2, 0) is 9.59 Å². The Hall–Kier alpha value is -2.34. The van der Waals surface area contributed by atoms with Crippen molar-refractivity contribution in [2.75, 3.05) is 13.7 Å². The van der Waals surface area contributed by atoms with Crippen molar-refractivity contribution in [1.29, 1.82) is 0 Å². The first-order valence-corrected chi connectivity index (χ1v) is 5.95. The molecule has 0 bridgehead atoms. The predicted octanol–water partition coefficient (Wildman–Crippen LogP) is 0.579. The van der Waals surface area contributed by atoms with E-state index in [1.807, 2.05) is 19.1 Å². The van der Waals surface area contributed by atoms with Crippen LogP contribution in [0.15, 0.2) is 24.3 Å². The molecule has 1 amide bonds. The van der Waals surface area contributed by atoms with Crippen LogP contribution in [0.4, 0.5) is 0 Å². The van der Waals surface area contributed by atoms with Gasteiger partial charge in [-0.2, -0.15) is 0 Å². The average molecular weight is 279 g/mol. The number of carbonyl (C=O) groups excluding carboxylic acids is 1. The number of carboxylic acids is 1. The summed E-state index contributed by atoms with van der Waals surface area (Å²) in [6, 6.07) is 5.54. The van der Waals surface area contributed by atoms with E-state index >= 15 is 0 Å². The highest BCUT2D eigenvalue weighted by Gasteiger charge is 2.13. The third-order valence-corrected chi connectivity index (χ3v) is 2.55. The van der Waals surface area contributed by atoms with Crippen molar-refractivity contribution in [3.05, 3.63) is 35.4 Å². The van der Waals surface area contributed by atoms with Crippen LogP contribution in [0.25, 0.3) is 6.08 Å². The number of carboxylic acid groups (broad SMARTS) is 1. The first-order valence-electron chi connectivity index (χ1n) is 5.95. The number of ether oxygens (including phenoxy) is 1. The Labute approximate surface area is 116 Å². The zero-order valence-corrected chi connectivity index (χ0v) is 11.3. The van der Waals surface area contributed by atoms with Crippen molar-refractivity contribution >= 4 is 18.0 Å². The number of amides is 1. The molecule has 0 spiro atoms. The summed E-state index contributed by atoms with van der Waals surface area (Å²) in [7, 11) is 1.53. The number of aliphatic carboxylic acids is 1. The van der Waals surface area contributed by atoms with Gasteiger partial charge in [-0.25, -0.2) is 4.79 Å². The van der Waals surface area contributed by atoms with Gasteiger partial charge in [0.2, 0.25) is 5.91 Å². The average Bonchev–Trinajstić information content (AvgIpc) is 2.42.